The van der Waals surface area contributed by atoms with Crippen LogP contribution in [0.25, 0.3) is 0 Å². The van der Waals surface area contributed by atoms with Gasteiger partial charge in [0.1, 0.15) is 24.0 Å². The van der Waals surface area contributed by atoms with Gasteiger partial charge in [0, 0.05) is 31.8 Å². The van der Waals surface area contributed by atoms with Crippen LogP contribution in [0.3, 0.4) is 0 Å². The number of carbonyl (C=O) groups is 2. The Hall–Kier alpha value is -3.62. The molecule has 1 aromatic rings. The third kappa shape index (κ3) is 10.2. The molecule has 3 amide bonds. The van der Waals surface area contributed by atoms with Crippen LogP contribution >= 0.6 is 0 Å². The van der Waals surface area contributed by atoms with Crippen LogP contribution in [0, 0.1) is 17.8 Å². The van der Waals surface area contributed by atoms with E-state index in [1.165, 1.54) is 4.58 Å². The Morgan fingerprint density at radius 2 is 1.85 bits per heavy atom. The fourth-order valence-corrected chi connectivity index (χ4v) is 6.06. The number of aromatic nitrogens is 2. The van der Waals surface area contributed by atoms with Gasteiger partial charge in [0.15, 0.2) is 11.5 Å². The molecule has 3 unspecified atom stereocenters. The van der Waals surface area contributed by atoms with Gasteiger partial charge in [-0.25, -0.2) is 24.1 Å². The van der Waals surface area contributed by atoms with Crippen molar-refractivity contribution in [3.8, 4) is 5.75 Å². The van der Waals surface area contributed by atoms with E-state index in [1.807, 2.05) is 13.8 Å². The zero-order chi connectivity index (χ0) is 34.5. The molecule has 3 aliphatic heterocycles. The first-order valence-electron chi connectivity index (χ1n) is 16.5. The number of urea groups is 1. The number of amides is 3. The average molecular weight is 666 g/mol. The minimum atomic E-state index is -2.96. The molecular weight excluding hydrogens is 614 g/mol. The zero-order valence-electron chi connectivity index (χ0n) is 28.4. The van der Waals surface area contributed by atoms with E-state index in [4.69, 9.17) is 15.2 Å². The predicted molar refractivity (Wildman–Crippen MR) is 173 cm³/mol. The van der Waals surface area contributed by atoms with Crippen LogP contribution in [0.5, 0.6) is 5.75 Å². The third-order valence-corrected chi connectivity index (χ3v) is 8.92. The van der Waals surface area contributed by atoms with Gasteiger partial charge in [-0.3, -0.25) is 0 Å². The van der Waals surface area contributed by atoms with Crippen molar-refractivity contribution in [2.24, 2.45) is 28.5 Å². The molecule has 4 heterocycles. The molecule has 0 saturated carbocycles. The number of amidine groups is 1. The molecule has 262 valence electrons. The number of piperidine rings is 2. The fourth-order valence-electron chi connectivity index (χ4n) is 6.06. The highest BCUT2D eigenvalue weighted by Gasteiger charge is 2.48. The van der Waals surface area contributed by atoms with E-state index in [1.54, 1.807) is 43.0 Å². The van der Waals surface area contributed by atoms with Crippen molar-refractivity contribution in [2.75, 3.05) is 44.2 Å². The molecule has 13 nitrogen and oxygen atoms in total. The largest absolute Gasteiger partial charge is 0.490 e. The maximum absolute atomic E-state index is 14.4. The SMILES string of the molecule is CC(C)C(N)=NC(=O)N1CCC(C(C)CCOc2cnc(N3CC(=[N+]4CC(F)(F)CCC4O)C(NC(=O)OC(C)(C)C)C3)nc2)CC1. The number of nitrogens with zero attached hydrogens (tertiary/aromatic N) is 6. The molecule has 3 atom stereocenters. The molecule has 0 spiro atoms. The molecule has 0 radical (unpaired) electrons. The highest BCUT2D eigenvalue weighted by atomic mass is 19.3. The second-order valence-corrected chi connectivity index (χ2v) is 14.2. The van der Waals surface area contributed by atoms with Gasteiger partial charge in [0.05, 0.1) is 25.5 Å². The summed E-state index contributed by atoms with van der Waals surface area (Å²) in [5, 5.41) is 13.4. The Balaban J connectivity index is 1.32. The Morgan fingerprint density at radius 3 is 2.47 bits per heavy atom. The van der Waals surface area contributed by atoms with Crippen LogP contribution in [-0.4, -0.2) is 111 Å². The lowest BCUT2D eigenvalue weighted by Gasteiger charge is -2.34. The van der Waals surface area contributed by atoms with E-state index >= 15 is 0 Å². The first kappa shape index (κ1) is 36.2. The minimum absolute atomic E-state index is 0.0305. The summed E-state index contributed by atoms with van der Waals surface area (Å²) in [6.07, 6.45) is 3.49. The number of hydrogen-bond donors (Lipinski definition) is 3. The quantitative estimate of drug-likeness (QED) is 0.214. The number of nitrogens with one attached hydrogen (secondary N) is 1. The number of carbonyl (C=O) groups excluding carboxylic acids is 2. The van der Waals surface area contributed by atoms with Crippen LogP contribution in [0.2, 0.25) is 0 Å². The number of nitrogens with two attached hydrogens (primary N) is 1. The first-order valence-corrected chi connectivity index (χ1v) is 16.5. The molecule has 0 aromatic carbocycles. The van der Waals surface area contributed by atoms with E-state index in [0.29, 0.717) is 54.8 Å². The van der Waals surface area contributed by atoms with Gasteiger partial charge < -0.3 is 35.4 Å². The van der Waals surface area contributed by atoms with Crippen LogP contribution in [0.15, 0.2) is 17.4 Å². The van der Waals surface area contributed by atoms with E-state index in [-0.39, 0.29) is 31.5 Å². The molecule has 3 aliphatic rings. The molecule has 47 heavy (non-hydrogen) atoms. The van der Waals surface area contributed by atoms with E-state index in [2.05, 4.69) is 27.2 Å². The zero-order valence-corrected chi connectivity index (χ0v) is 28.4. The highest BCUT2D eigenvalue weighted by molar-refractivity contribution is 5.95. The minimum Gasteiger partial charge on any atom is -0.490 e. The average Bonchev–Trinajstić information content (AvgIpc) is 3.40. The Bertz CT molecular complexity index is 1310. The molecule has 0 aliphatic carbocycles. The van der Waals surface area contributed by atoms with Crippen LogP contribution in [0.1, 0.15) is 73.6 Å². The Morgan fingerprint density at radius 1 is 1.19 bits per heavy atom. The standard InChI is InChI=1S/C32H50F2N8O5/c1-20(2)27(35)39-29(44)40-12-8-22(9-13-40)21(3)10-14-46-23-15-36-28(37-16-23)41-17-24(38-30(45)47-31(4,5)6)25(18-41)42-19-32(33,34)11-7-26(42)43/h15-16,20-22,24,26,43H,7-14,17-19H2,1-6H3,(H2-,35,38,39,44,45)/p+1. The van der Waals surface area contributed by atoms with Gasteiger partial charge in [0.2, 0.25) is 12.5 Å². The maximum Gasteiger partial charge on any atom is 0.408 e. The van der Waals surface area contributed by atoms with Crippen molar-refractivity contribution in [1.29, 1.82) is 0 Å². The summed E-state index contributed by atoms with van der Waals surface area (Å²) >= 11 is 0. The van der Waals surface area contributed by atoms with Gasteiger partial charge in [-0.2, -0.15) is 13.8 Å². The number of aliphatic hydroxyl groups is 1. The summed E-state index contributed by atoms with van der Waals surface area (Å²) < 4.78 is 41.4. The summed E-state index contributed by atoms with van der Waals surface area (Å²) in [6.45, 7) is 12.7. The number of aliphatic hydroxyl groups excluding tert-OH is 1. The van der Waals surface area contributed by atoms with Gasteiger partial charge >= 0.3 is 18.0 Å². The van der Waals surface area contributed by atoms with Crippen molar-refractivity contribution in [3.05, 3.63) is 12.4 Å². The summed E-state index contributed by atoms with van der Waals surface area (Å²) in [7, 11) is 0. The van der Waals surface area contributed by atoms with E-state index in [0.717, 1.165) is 19.3 Å². The van der Waals surface area contributed by atoms with Crippen LogP contribution in [0.4, 0.5) is 24.3 Å². The Kier molecular flexibility index (Phi) is 11.6. The molecule has 1 aromatic heterocycles. The monoisotopic (exact) mass is 665 g/mol. The van der Waals surface area contributed by atoms with Crippen LogP contribution < -0.4 is 20.7 Å². The van der Waals surface area contributed by atoms with Crippen molar-refractivity contribution in [2.45, 2.75) is 97.4 Å². The molecule has 4 N–H and O–H groups in total. The number of halogens is 2. The van der Waals surface area contributed by atoms with E-state index in [9.17, 15) is 23.5 Å². The van der Waals surface area contributed by atoms with Crippen molar-refractivity contribution >= 4 is 29.6 Å². The molecule has 3 saturated heterocycles. The second kappa shape index (κ2) is 15.1. The molecule has 0 bridgehead atoms. The summed E-state index contributed by atoms with van der Waals surface area (Å²) in [5.74, 6) is -0.876. The number of alkyl halides is 2. The highest BCUT2D eigenvalue weighted by Crippen LogP contribution is 2.30. The van der Waals surface area contributed by atoms with Gasteiger partial charge in [-0.1, -0.05) is 20.8 Å². The lowest BCUT2D eigenvalue weighted by atomic mass is 9.84. The lowest BCUT2D eigenvalue weighted by Crippen LogP contribution is -2.51. The van der Waals surface area contributed by atoms with E-state index < -0.39 is 42.9 Å². The molecule has 4 rings (SSSR count). The summed E-state index contributed by atoms with van der Waals surface area (Å²) in [6, 6.07) is -0.956. The Labute approximate surface area is 275 Å². The summed E-state index contributed by atoms with van der Waals surface area (Å²) in [5.41, 5.74) is 5.56. The molecule has 15 heteroatoms. The van der Waals surface area contributed by atoms with Crippen LogP contribution in [-0.2, 0) is 4.74 Å². The first-order chi connectivity index (χ1) is 22.0. The fraction of sp³-hybridized carbons (Fsp3) is 0.750. The summed E-state index contributed by atoms with van der Waals surface area (Å²) in [4.78, 5) is 41.5. The van der Waals surface area contributed by atoms with Gasteiger partial charge in [-0.05, 0) is 51.9 Å². The van der Waals surface area contributed by atoms with Crippen molar-refractivity contribution in [1.82, 2.24) is 20.2 Å². The van der Waals surface area contributed by atoms with Gasteiger partial charge in [-0.15, -0.1) is 0 Å². The maximum atomic E-state index is 14.4. The third-order valence-electron chi connectivity index (χ3n) is 8.92. The number of rotatable bonds is 8. The normalized spacial score (nSPS) is 24.8. The number of aliphatic imine (C=N–C) groups is 1. The van der Waals surface area contributed by atoms with Crippen molar-refractivity contribution in [3.63, 3.8) is 0 Å². The van der Waals surface area contributed by atoms with Gasteiger partial charge in [0.25, 0.3) is 6.23 Å². The second-order valence-electron chi connectivity index (χ2n) is 14.2. The number of likely N-dealkylation sites (tertiary alicyclic amines) is 1. The smallest absolute Gasteiger partial charge is 0.408 e. The molecule has 3 fully saturated rings. The number of anilines is 1. The number of alkyl carbamates (subject to hydrolysis) is 1. The topological polar surface area (TPSA) is 159 Å². The number of ether oxygens (including phenoxy) is 2. The van der Waals surface area contributed by atoms with Crippen molar-refractivity contribution < 1.29 is 37.5 Å². The predicted octanol–water partition coefficient (Wildman–Crippen LogP) is 3.64. The number of hydrogen-bond acceptors (Lipinski definition) is 8. The lowest BCUT2D eigenvalue weighted by molar-refractivity contribution is -0.638. The molecular formula is C32H51F2N8O5+.